The molecule has 25 heavy (non-hydrogen) atoms. The Labute approximate surface area is 145 Å². The summed E-state index contributed by atoms with van der Waals surface area (Å²) < 4.78 is 12.9. The molecule has 0 unspecified atom stereocenters. The van der Waals surface area contributed by atoms with Crippen LogP contribution in [0.1, 0.15) is 21.6 Å². The highest BCUT2D eigenvalue weighted by Crippen LogP contribution is 2.17. The van der Waals surface area contributed by atoms with Crippen LogP contribution in [0.4, 0.5) is 15.8 Å². The first-order valence-corrected chi connectivity index (χ1v) is 7.92. The van der Waals surface area contributed by atoms with Gasteiger partial charge in [0.25, 0.3) is 5.91 Å². The summed E-state index contributed by atoms with van der Waals surface area (Å²) in [7, 11) is 0. The molecule has 0 saturated heterocycles. The van der Waals surface area contributed by atoms with Gasteiger partial charge in [-0.2, -0.15) is 0 Å². The number of aryl methyl sites for hydroxylation is 1. The number of nitrogens with one attached hydrogen (secondary N) is 2. The van der Waals surface area contributed by atoms with Crippen molar-refractivity contribution in [2.45, 2.75) is 13.5 Å². The van der Waals surface area contributed by atoms with E-state index in [1.807, 2.05) is 31.2 Å². The molecule has 0 spiro atoms. The second-order valence-electron chi connectivity index (χ2n) is 5.73. The second kappa shape index (κ2) is 7.57. The number of pyridine rings is 1. The standard InChI is InChI=1S/C20H18FN3O/c1-14-3-2-4-17(11-14)24-18-9-10-22-19(12-18)20(25)23-13-15-5-7-16(21)8-6-15/h2-12H,13H2,1H3,(H,22,24)(H,23,25). The molecular weight excluding hydrogens is 317 g/mol. The van der Waals surface area contributed by atoms with E-state index in [1.165, 1.54) is 12.1 Å². The maximum atomic E-state index is 12.9. The zero-order valence-corrected chi connectivity index (χ0v) is 13.8. The summed E-state index contributed by atoms with van der Waals surface area (Å²) in [5.41, 5.74) is 4.02. The Hall–Kier alpha value is -3.21. The maximum Gasteiger partial charge on any atom is 0.270 e. The van der Waals surface area contributed by atoms with Crippen LogP contribution in [0, 0.1) is 12.7 Å². The average molecular weight is 335 g/mol. The first kappa shape index (κ1) is 16.6. The molecule has 0 fully saturated rings. The molecule has 0 aliphatic rings. The number of nitrogens with zero attached hydrogens (tertiary/aromatic N) is 1. The predicted molar refractivity (Wildman–Crippen MR) is 96.3 cm³/mol. The van der Waals surface area contributed by atoms with Crippen LogP contribution in [-0.4, -0.2) is 10.9 Å². The van der Waals surface area contributed by atoms with Gasteiger partial charge in [-0.25, -0.2) is 4.39 Å². The summed E-state index contributed by atoms with van der Waals surface area (Å²) in [6, 6.07) is 17.5. The summed E-state index contributed by atoms with van der Waals surface area (Å²) in [5.74, 6) is -0.580. The Balaban J connectivity index is 1.65. The van der Waals surface area contributed by atoms with Crippen LogP contribution in [0.25, 0.3) is 0 Å². The van der Waals surface area contributed by atoms with Gasteiger partial charge < -0.3 is 10.6 Å². The number of rotatable bonds is 5. The topological polar surface area (TPSA) is 54.0 Å². The van der Waals surface area contributed by atoms with Crippen LogP contribution in [0.5, 0.6) is 0 Å². The summed E-state index contributed by atoms with van der Waals surface area (Å²) in [6.07, 6.45) is 1.59. The molecule has 2 aromatic carbocycles. The van der Waals surface area contributed by atoms with Gasteiger partial charge in [-0.1, -0.05) is 24.3 Å². The Morgan fingerprint density at radius 3 is 2.56 bits per heavy atom. The third-order valence-electron chi connectivity index (χ3n) is 3.67. The number of halogens is 1. The molecule has 0 saturated carbocycles. The van der Waals surface area contributed by atoms with Gasteiger partial charge in [0.15, 0.2) is 0 Å². The van der Waals surface area contributed by atoms with Crippen molar-refractivity contribution < 1.29 is 9.18 Å². The summed E-state index contributed by atoms with van der Waals surface area (Å²) in [5, 5.41) is 6.04. The van der Waals surface area contributed by atoms with E-state index in [4.69, 9.17) is 0 Å². The Kier molecular flexibility index (Phi) is 5.04. The van der Waals surface area contributed by atoms with Crippen LogP contribution in [0.3, 0.4) is 0 Å². The highest BCUT2D eigenvalue weighted by molar-refractivity contribution is 5.93. The number of carbonyl (C=O) groups excluding carboxylic acids is 1. The lowest BCUT2D eigenvalue weighted by molar-refractivity contribution is 0.0946. The van der Waals surface area contributed by atoms with Crippen molar-refractivity contribution in [1.82, 2.24) is 10.3 Å². The van der Waals surface area contributed by atoms with Crippen molar-refractivity contribution in [3.63, 3.8) is 0 Å². The second-order valence-corrected chi connectivity index (χ2v) is 5.73. The summed E-state index contributed by atoms with van der Waals surface area (Å²) >= 11 is 0. The summed E-state index contributed by atoms with van der Waals surface area (Å²) in [4.78, 5) is 16.4. The van der Waals surface area contributed by atoms with Gasteiger partial charge in [0.05, 0.1) is 0 Å². The van der Waals surface area contributed by atoms with Crippen molar-refractivity contribution >= 4 is 17.3 Å². The first-order chi connectivity index (χ1) is 12.1. The van der Waals surface area contributed by atoms with Gasteiger partial charge in [0, 0.05) is 24.1 Å². The minimum absolute atomic E-state index is 0.280. The number of amides is 1. The number of benzene rings is 2. The Bertz CT molecular complexity index is 878. The molecule has 0 aliphatic carbocycles. The molecule has 1 amide bonds. The fraction of sp³-hybridized carbons (Fsp3) is 0.100. The minimum Gasteiger partial charge on any atom is -0.355 e. The third kappa shape index (κ3) is 4.64. The molecule has 3 rings (SSSR count). The molecule has 1 heterocycles. The molecule has 0 radical (unpaired) electrons. The van der Waals surface area contributed by atoms with Crippen LogP contribution in [-0.2, 0) is 6.54 Å². The lowest BCUT2D eigenvalue weighted by Crippen LogP contribution is -2.23. The smallest absolute Gasteiger partial charge is 0.270 e. The lowest BCUT2D eigenvalue weighted by Gasteiger charge is -2.09. The number of hydrogen-bond acceptors (Lipinski definition) is 3. The van der Waals surface area contributed by atoms with Gasteiger partial charge in [0.1, 0.15) is 11.5 Å². The van der Waals surface area contributed by atoms with Gasteiger partial charge in [-0.05, 0) is 54.4 Å². The highest BCUT2D eigenvalue weighted by atomic mass is 19.1. The highest BCUT2D eigenvalue weighted by Gasteiger charge is 2.08. The van der Waals surface area contributed by atoms with Crippen molar-refractivity contribution in [2.24, 2.45) is 0 Å². The van der Waals surface area contributed by atoms with Crippen molar-refractivity contribution in [2.75, 3.05) is 5.32 Å². The normalized spacial score (nSPS) is 10.3. The molecule has 0 atom stereocenters. The summed E-state index contributed by atoms with van der Waals surface area (Å²) in [6.45, 7) is 2.34. The fourth-order valence-corrected chi connectivity index (χ4v) is 2.40. The largest absolute Gasteiger partial charge is 0.355 e. The molecule has 126 valence electrons. The molecule has 5 heteroatoms. The fourth-order valence-electron chi connectivity index (χ4n) is 2.40. The van der Waals surface area contributed by atoms with Gasteiger partial charge in [-0.15, -0.1) is 0 Å². The number of hydrogen-bond donors (Lipinski definition) is 2. The van der Waals surface area contributed by atoms with E-state index in [1.54, 1.807) is 30.5 Å². The SMILES string of the molecule is Cc1cccc(Nc2ccnc(C(=O)NCc3ccc(F)cc3)c2)c1. The van der Waals surface area contributed by atoms with Crippen LogP contribution in [0.2, 0.25) is 0 Å². The Morgan fingerprint density at radius 2 is 1.80 bits per heavy atom. The van der Waals surface area contributed by atoms with E-state index in [-0.39, 0.29) is 11.7 Å². The molecular formula is C20H18FN3O. The van der Waals surface area contributed by atoms with Crippen LogP contribution >= 0.6 is 0 Å². The molecule has 2 N–H and O–H groups in total. The molecule has 0 aliphatic heterocycles. The first-order valence-electron chi connectivity index (χ1n) is 7.92. The quantitative estimate of drug-likeness (QED) is 0.735. The van der Waals surface area contributed by atoms with E-state index in [0.717, 1.165) is 22.5 Å². The zero-order chi connectivity index (χ0) is 17.6. The van der Waals surface area contributed by atoms with E-state index in [2.05, 4.69) is 15.6 Å². The van der Waals surface area contributed by atoms with E-state index >= 15 is 0 Å². The predicted octanol–water partition coefficient (Wildman–Crippen LogP) is 4.20. The van der Waals surface area contributed by atoms with Crippen LogP contribution in [0.15, 0.2) is 66.9 Å². The van der Waals surface area contributed by atoms with Gasteiger partial charge >= 0.3 is 0 Å². The number of carbonyl (C=O) groups is 1. The lowest BCUT2D eigenvalue weighted by atomic mass is 10.2. The molecule has 3 aromatic rings. The van der Waals surface area contributed by atoms with Crippen molar-refractivity contribution in [3.05, 3.63) is 89.5 Å². The van der Waals surface area contributed by atoms with Crippen molar-refractivity contribution in [3.8, 4) is 0 Å². The monoisotopic (exact) mass is 335 g/mol. The molecule has 0 bridgehead atoms. The van der Waals surface area contributed by atoms with E-state index in [9.17, 15) is 9.18 Å². The third-order valence-corrected chi connectivity index (χ3v) is 3.67. The van der Waals surface area contributed by atoms with E-state index < -0.39 is 0 Å². The minimum atomic E-state index is -0.299. The number of anilines is 2. The maximum absolute atomic E-state index is 12.9. The van der Waals surface area contributed by atoms with Gasteiger partial charge in [0.2, 0.25) is 0 Å². The van der Waals surface area contributed by atoms with Crippen LogP contribution < -0.4 is 10.6 Å². The number of aromatic nitrogens is 1. The molecule has 1 aromatic heterocycles. The van der Waals surface area contributed by atoms with Gasteiger partial charge in [-0.3, -0.25) is 9.78 Å². The molecule has 4 nitrogen and oxygen atoms in total. The Morgan fingerprint density at radius 1 is 1.04 bits per heavy atom. The zero-order valence-electron chi connectivity index (χ0n) is 13.8. The van der Waals surface area contributed by atoms with E-state index in [0.29, 0.717) is 12.2 Å². The van der Waals surface area contributed by atoms with Crippen molar-refractivity contribution in [1.29, 1.82) is 0 Å². The average Bonchev–Trinajstić information content (AvgIpc) is 2.61.